The number of anilines is 1. The van der Waals surface area contributed by atoms with Gasteiger partial charge in [0, 0.05) is 6.07 Å². The van der Waals surface area contributed by atoms with Gasteiger partial charge in [0.15, 0.2) is 11.5 Å². The highest BCUT2D eigenvalue weighted by molar-refractivity contribution is 6.18. The van der Waals surface area contributed by atoms with Crippen LogP contribution in [-0.2, 0) is 11.2 Å². The van der Waals surface area contributed by atoms with Gasteiger partial charge in [-0.2, -0.15) is 0 Å². The van der Waals surface area contributed by atoms with Gasteiger partial charge in [0.2, 0.25) is 12.7 Å². The van der Waals surface area contributed by atoms with Crippen molar-refractivity contribution in [3.63, 3.8) is 0 Å². The van der Waals surface area contributed by atoms with E-state index >= 15 is 0 Å². The second-order valence-corrected chi connectivity index (χ2v) is 3.58. The maximum Gasteiger partial charge on any atom is 0.326 e. The average molecular weight is 220 g/mol. The third-order valence-electron chi connectivity index (χ3n) is 2.63. The van der Waals surface area contributed by atoms with Gasteiger partial charge in [0.25, 0.3) is 0 Å². The number of imide groups is 1. The number of urea groups is 1. The second-order valence-electron chi connectivity index (χ2n) is 3.58. The number of primary amides is 1. The molecule has 1 aromatic rings. The van der Waals surface area contributed by atoms with E-state index in [2.05, 4.69) is 0 Å². The number of amides is 3. The number of rotatable bonds is 0. The maximum atomic E-state index is 11.5. The topological polar surface area (TPSA) is 81.9 Å². The Kier molecular flexibility index (Phi) is 1.62. The molecule has 1 aromatic carbocycles. The molecule has 2 N–H and O–H groups in total. The lowest BCUT2D eigenvalue weighted by atomic mass is 10.1. The molecular formula is C10H8N2O4. The fourth-order valence-electron chi connectivity index (χ4n) is 1.94. The van der Waals surface area contributed by atoms with Crippen molar-refractivity contribution in [3.05, 3.63) is 17.7 Å². The fourth-order valence-corrected chi connectivity index (χ4v) is 1.94. The van der Waals surface area contributed by atoms with E-state index in [4.69, 9.17) is 15.2 Å². The number of fused-ring (bicyclic) bond motifs is 2. The van der Waals surface area contributed by atoms with Crippen LogP contribution in [0.15, 0.2) is 12.1 Å². The molecule has 82 valence electrons. The summed E-state index contributed by atoms with van der Waals surface area (Å²) in [5.74, 6) is 0.795. The summed E-state index contributed by atoms with van der Waals surface area (Å²) in [6.45, 7) is 0.156. The minimum atomic E-state index is -0.775. The van der Waals surface area contributed by atoms with Gasteiger partial charge in [-0.3, -0.25) is 4.79 Å². The van der Waals surface area contributed by atoms with Gasteiger partial charge in [0.05, 0.1) is 12.1 Å². The zero-order valence-electron chi connectivity index (χ0n) is 8.23. The van der Waals surface area contributed by atoms with Crippen LogP contribution in [0.25, 0.3) is 0 Å². The Morgan fingerprint density at radius 3 is 2.69 bits per heavy atom. The van der Waals surface area contributed by atoms with Crippen molar-refractivity contribution in [1.82, 2.24) is 0 Å². The highest BCUT2D eigenvalue weighted by Gasteiger charge is 2.33. The molecule has 3 rings (SSSR count). The standard InChI is InChI=1S/C10H8N2O4/c11-10(14)12-6-3-8-7(15-4-16-8)1-5(6)2-9(12)13/h1,3H,2,4H2,(H2,11,14). The summed E-state index contributed by atoms with van der Waals surface area (Å²) >= 11 is 0. The number of benzene rings is 1. The summed E-state index contributed by atoms with van der Waals surface area (Å²) in [4.78, 5) is 23.6. The van der Waals surface area contributed by atoms with Crippen molar-refractivity contribution < 1.29 is 19.1 Å². The van der Waals surface area contributed by atoms with Crippen LogP contribution in [-0.4, -0.2) is 18.7 Å². The van der Waals surface area contributed by atoms with Gasteiger partial charge in [-0.25, -0.2) is 9.69 Å². The molecule has 6 heteroatoms. The van der Waals surface area contributed by atoms with Crippen LogP contribution in [0.1, 0.15) is 5.56 Å². The van der Waals surface area contributed by atoms with Crippen molar-refractivity contribution in [3.8, 4) is 11.5 Å². The molecule has 6 nitrogen and oxygen atoms in total. The van der Waals surface area contributed by atoms with E-state index in [9.17, 15) is 9.59 Å². The number of ether oxygens (including phenoxy) is 2. The minimum absolute atomic E-state index is 0.156. The average Bonchev–Trinajstić information content (AvgIpc) is 2.75. The van der Waals surface area contributed by atoms with Gasteiger partial charge in [-0.1, -0.05) is 0 Å². The van der Waals surface area contributed by atoms with E-state index in [1.54, 1.807) is 12.1 Å². The normalized spacial score (nSPS) is 16.5. The van der Waals surface area contributed by atoms with Crippen LogP contribution in [0.4, 0.5) is 10.5 Å². The SMILES string of the molecule is NC(=O)N1C(=O)Cc2cc3c(cc21)OCO3. The van der Waals surface area contributed by atoms with Gasteiger partial charge in [0.1, 0.15) is 0 Å². The summed E-state index contributed by atoms with van der Waals surface area (Å²) in [6, 6.07) is 2.54. The summed E-state index contributed by atoms with van der Waals surface area (Å²) < 4.78 is 10.4. The maximum absolute atomic E-state index is 11.5. The van der Waals surface area contributed by atoms with E-state index < -0.39 is 6.03 Å². The van der Waals surface area contributed by atoms with Crippen LogP contribution in [0.3, 0.4) is 0 Å². The first-order valence-electron chi connectivity index (χ1n) is 4.72. The third kappa shape index (κ3) is 1.06. The lowest BCUT2D eigenvalue weighted by Crippen LogP contribution is -2.38. The van der Waals surface area contributed by atoms with E-state index in [0.717, 1.165) is 10.5 Å². The first-order valence-corrected chi connectivity index (χ1v) is 4.72. The Hall–Kier alpha value is -2.24. The molecular weight excluding hydrogens is 212 g/mol. The van der Waals surface area contributed by atoms with Crippen molar-refractivity contribution in [2.24, 2.45) is 5.73 Å². The van der Waals surface area contributed by atoms with Crippen LogP contribution < -0.4 is 20.1 Å². The van der Waals surface area contributed by atoms with Gasteiger partial charge in [-0.05, 0) is 11.6 Å². The fraction of sp³-hybridized carbons (Fsp3) is 0.200. The molecule has 2 aliphatic heterocycles. The Morgan fingerprint density at radius 1 is 1.31 bits per heavy atom. The van der Waals surface area contributed by atoms with Crippen LogP contribution >= 0.6 is 0 Å². The van der Waals surface area contributed by atoms with Crippen LogP contribution in [0.2, 0.25) is 0 Å². The first-order chi connectivity index (χ1) is 7.66. The third-order valence-corrected chi connectivity index (χ3v) is 2.63. The lowest BCUT2D eigenvalue weighted by molar-refractivity contribution is -0.116. The molecule has 2 heterocycles. The zero-order valence-corrected chi connectivity index (χ0v) is 8.23. The van der Waals surface area contributed by atoms with Crippen molar-refractivity contribution in [1.29, 1.82) is 0 Å². The summed E-state index contributed by atoms with van der Waals surface area (Å²) in [6.07, 6.45) is 0.162. The largest absolute Gasteiger partial charge is 0.454 e. The molecule has 0 radical (unpaired) electrons. The molecule has 0 unspecified atom stereocenters. The quantitative estimate of drug-likeness (QED) is 0.685. The van der Waals surface area contributed by atoms with Crippen LogP contribution in [0, 0.1) is 0 Å². The predicted molar refractivity (Wildman–Crippen MR) is 53.3 cm³/mol. The summed E-state index contributed by atoms with van der Waals surface area (Å²) in [5, 5.41) is 0. The molecule has 0 fully saturated rings. The molecule has 2 aliphatic rings. The lowest BCUT2D eigenvalue weighted by Gasteiger charge is -2.12. The second kappa shape index (κ2) is 2.88. The predicted octanol–water partition coefficient (Wildman–Crippen LogP) is 0.383. The van der Waals surface area contributed by atoms with Gasteiger partial charge < -0.3 is 15.2 Å². The Labute approximate surface area is 90.5 Å². The molecule has 0 aromatic heterocycles. The van der Waals surface area contributed by atoms with Crippen molar-refractivity contribution >= 4 is 17.6 Å². The van der Waals surface area contributed by atoms with Crippen molar-refractivity contribution in [2.45, 2.75) is 6.42 Å². The minimum Gasteiger partial charge on any atom is -0.454 e. The number of hydrogen-bond acceptors (Lipinski definition) is 4. The first kappa shape index (κ1) is 9.02. The molecule has 0 bridgehead atoms. The number of nitrogens with two attached hydrogens (primary N) is 1. The Bertz CT molecular complexity index is 512. The molecule has 16 heavy (non-hydrogen) atoms. The number of carbonyl (C=O) groups is 2. The highest BCUT2D eigenvalue weighted by atomic mass is 16.7. The smallest absolute Gasteiger partial charge is 0.326 e. The van der Waals surface area contributed by atoms with Gasteiger partial charge in [-0.15, -0.1) is 0 Å². The molecule has 0 atom stereocenters. The van der Waals surface area contributed by atoms with E-state index in [1.165, 1.54) is 0 Å². The zero-order chi connectivity index (χ0) is 11.3. The summed E-state index contributed by atoms with van der Waals surface area (Å²) in [5.41, 5.74) is 6.36. The molecule has 0 aliphatic carbocycles. The number of carbonyl (C=O) groups excluding carboxylic acids is 2. The highest BCUT2D eigenvalue weighted by Crippen LogP contribution is 2.41. The van der Waals surface area contributed by atoms with E-state index in [0.29, 0.717) is 17.2 Å². The Balaban J connectivity index is 2.15. The van der Waals surface area contributed by atoms with E-state index in [-0.39, 0.29) is 19.1 Å². The van der Waals surface area contributed by atoms with Crippen LogP contribution in [0.5, 0.6) is 11.5 Å². The summed E-state index contributed by atoms with van der Waals surface area (Å²) in [7, 11) is 0. The molecule has 0 saturated carbocycles. The monoisotopic (exact) mass is 220 g/mol. The van der Waals surface area contributed by atoms with Gasteiger partial charge >= 0.3 is 6.03 Å². The number of nitrogens with zero attached hydrogens (tertiary/aromatic N) is 1. The number of hydrogen-bond donors (Lipinski definition) is 1. The van der Waals surface area contributed by atoms with E-state index in [1.807, 2.05) is 0 Å². The molecule has 0 spiro atoms. The Morgan fingerprint density at radius 2 is 2.00 bits per heavy atom. The molecule has 0 saturated heterocycles. The molecule has 3 amide bonds. The van der Waals surface area contributed by atoms with Crippen molar-refractivity contribution in [2.75, 3.05) is 11.7 Å².